The second-order valence-corrected chi connectivity index (χ2v) is 4.14. The van der Waals surface area contributed by atoms with Crippen LogP contribution in [0.5, 0.6) is 0 Å². The molecule has 17 heavy (non-hydrogen) atoms. The van der Waals surface area contributed by atoms with Gasteiger partial charge in [0.15, 0.2) is 0 Å². The van der Waals surface area contributed by atoms with E-state index in [1.807, 2.05) is 13.8 Å². The lowest BCUT2D eigenvalue weighted by Crippen LogP contribution is -2.08. The van der Waals surface area contributed by atoms with Crippen LogP contribution in [-0.4, -0.2) is 10.7 Å². The topological polar surface area (TPSA) is 60.2 Å². The molecule has 0 aliphatic carbocycles. The zero-order valence-electron chi connectivity index (χ0n) is 10.2. The summed E-state index contributed by atoms with van der Waals surface area (Å²) >= 11 is 0. The van der Waals surface area contributed by atoms with E-state index in [1.54, 1.807) is 12.1 Å². The summed E-state index contributed by atoms with van der Waals surface area (Å²) in [7, 11) is 0. The number of nitrogens with zero attached hydrogens (tertiary/aromatic N) is 1. The largest absolute Gasteiger partial charge is 0.299 e. The van der Waals surface area contributed by atoms with E-state index in [2.05, 4.69) is 0 Å². The van der Waals surface area contributed by atoms with E-state index in [0.29, 0.717) is 6.42 Å². The van der Waals surface area contributed by atoms with E-state index >= 15 is 0 Å². The van der Waals surface area contributed by atoms with E-state index in [9.17, 15) is 14.9 Å². The first-order valence-electron chi connectivity index (χ1n) is 5.83. The normalized spacial score (nSPS) is 12.1. The molecule has 0 amide bonds. The van der Waals surface area contributed by atoms with Crippen molar-refractivity contribution in [3.63, 3.8) is 0 Å². The highest BCUT2D eigenvalue weighted by Gasteiger charge is 2.15. The van der Waals surface area contributed by atoms with Crippen LogP contribution in [0.2, 0.25) is 0 Å². The van der Waals surface area contributed by atoms with Crippen molar-refractivity contribution in [1.29, 1.82) is 0 Å². The molecule has 0 bridgehead atoms. The Bertz CT molecular complexity index is 398. The first-order valence-corrected chi connectivity index (χ1v) is 5.83. The summed E-state index contributed by atoms with van der Waals surface area (Å²) in [5.74, 6) is 0.0167. The van der Waals surface area contributed by atoms with Gasteiger partial charge in [0.05, 0.1) is 4.92 Å². The molecule has 0 N–H and O–H groups in total. The highest BCUT2D eigenvalue weighted by atomic mass is 16.6. The Morgan fingerprint density at radius 2 is 1.94 bits per heavy atom. The van der Waals surface area contributed by atoms with E-state index < -0.39 is 4.92 Å². The third-order valence-electron chi connectivity index (χ3n) is 2.86. The quantitative estimate of drug-likeness (QED) is 0.560. The van der Waals surface area contributed by atoms with Crippen LogP contribution in [0, 0.1) is 10.1 Å². The monoisotopic (exact) mass is 235 g/mol. The Labute approximate surface area is 101 Å². The number of carbonyl (C=O) groups is 1. The fourth-order valence-corrected chi connectivity index (χ4v) is 1.64. The van der Waals surface area contributed by atoms with Crippen LogP contribution in [0.4, 0.5) is 5.69 Å². The molecule has 1 aromatic carbocycles. The van der Waals surface area contributed by atoms with Crippen LogP contribution in [-0.2, 0) is 4.79 Å². The molecule has 0 aromatic heterocycles. The number of non-ortho nitro benzene ring substituents is 1. The van der Waals surface area contributed by atoms with Gasteiger partial charge in [0.2, 0.25) is 0 Å². The van der Waals surface area contributed by atoms with Crippen molar-refractivity contribution in [2.24, 2.45) is 0 Å². The van der Waals surface area contributed by atoms with Crippen molar-refractivity contribution in [2.45, 2.75) is 39.0 Å². The molecule has 4 heteroatoms. The van der Waals surface area contributed by atoms with Crippen LogP contribution in [0.3, 0.4) is 0 Å². The van der Waals surface area contributed by atoms with Gasteiger partial charge in [0.25, 0.3) is 5.69 Å². The van der Waals surface area contributed by atoms with Crippen LogP contribution >= 0.6 is 0 Å². The number of hydrogen-bond acceptors (Lipinski definition) is 3. The van der Waals surface area contributed by atoms with E-state index in [0.717, 1.165) is 18.4 Å². The maximum Gasteiger partial charge on any atom is 0.269 e. The Balaban J connectivity index is 2.72. The van der Waals surface area contributed by atoms with Crippen molar-refractivity contribution < 1.29 is 9.72 Å². The molecule has 0 aliphatic heterocycles. The van der Waals surface area contributed by atoms with Gasteiger partial charge in [-0.1, -0.05) is 32.4 Å². The molecule has 1 rings (SSSR count). The van der Waals surface area contributed by atoms with Crippen molar-refractivity contribution in [1.82, 2.24) is 0 Å². The molecular formula is C13H17NO3. The molecule has 0 fully saturated rings. The number of nitro groups is 1. The second-order valence-electron chi connectivity index (χ2n) is 4.14. The van der Waals surface area contributed by atoms with Gasteiger partial charge in [-0.05, 0) is 12.0 Å². The van der Waals surface area contributed by atoms with E-state index in [4.69, 9.17) is 0 Å². The lowest BCUT2D eigenvalue weighted by molar-refractivity contribution is -0.384. The molecule has 0 heterocycles. The van der Waals surface area contributed by atoms with Gasteiger partial charge in [0.1, 0.15) is 5.78 Å². The third-order valence-corrected chi connectivity index (χ3v) is 2.86. The van der Waals surface area contributed by atoms with E-state index in [-0.39, 0.29) is 17.4 Å². The average molecular weight is 235 g/mol. The van der Waals surface area contributed by atoms with Gasteiger partial charge in [-0.3, -0.25) is 14.9 Å². The predicted molar refractivity (Wildman–Crippen MR) is 66.0 cm³/mol. The third kappa shape index (κ3) is 3.66. The average Bonchev–Trinajstić information content (AvgIpc) is 2.35. The number of carbonyl (C=O) groups excluding carboxylic acids is 1. The molecule has 0 saturated heterocycles. The number of benzene rings is 1. The molecule has 1 atom stereocenters. The molecule has 0 radical (unpaired) electrons. The van der Waals surface area contributed by atoms with Crippen molar-refractivity contribution in [3.05, 3.63) is 39.9 Å². The van der Waals surface area contributed by atoms with Crippen LogP contribution in [0.15, 0.2) is 24.3 Å². The number of ketones is 1. The number of hydrogen-bond donors (Lipinski definition) is 0. The van der Waals surface area contributed by atoms with Crippen molar-refractivity contribution in [3.8, 4) is 0 Å². The molecule has 1 aromatic rings. The second kappa shape index (κ2) is 6.13. The first-order chi connectivity index (χ1) is 8.06. The molecule has 0 saturated carbocycles. The summed E-state index contributed by atoms with van der Waals surface area (Å²) in [5, 5.41) is 10.5. The Kier molecular flexibility index (Phi) is 4.82. The summed E-state index contributed by atoms with van der Waals surface area (Å²) in [6.07, 6.45) is 2.48. The highest BCUT2D eigenvalue weighted by Crippen LogP contribution is 2.21. The molecule has 1 unspecified atom stereocenters. The van der Waals surface area contributed by atoms with Crippen LogP contribution in [0.25, 0.3) is 0 Å². The zero-order chi connectivity index (χ0) is 12.8. The maximum atomic E-state index is 11.8. The predicted octanol–water partition coefficient (Wildman–Crippen LogP) is 3.46. The minimum absolute atomic E-state index is 0.0574. The fraction of sp³-hybridized carbons (Fsp3) is 0.462. The van der Waals surface area contributed by atoms with Gasteiger partial charge in [-0.2, -0.15) is 0 Å². The SMILES string of the molecule is CCCCC(=O)C(C)c1ccc([N+](=O)[O-])cc1. The van der Waals surface area contributed by atoms with Crippen LogP contribution < -0.4 is 0 Å². The Hall–Kier alpha value is -1.71. The van der Waals surface area contributed by atoms with Crippen molar-refractivity contribution in [2.75, 3.05) is 0 Å². The minimum atomic E-state index is -0.437. The lowest BCUT2D eigenvalue weighted by atomic mass is 9.94. The van der Waals surface area contributed by atoms with E-state index in [1.165, 1.54) is 12.1 Å². The summed E-state index contributed by atoms with van der Waals surface area (Å²) in [4.78, 5) is 21.8. The molecule has 92 valence electrons. The summed E-state index contributed by atoms with van der Waals surface area (Å²) in [6, 6.07) is 6.21. The summed E-state index contributed by atoms with van der Waals surface area (Å²) in [5.41, 5.74) is 0.902. The summed E-state index contributed by atoms with van der Waals surface area (Å²) < 4.78 is 0. The van der Waals surface area contributed by atoms with Gasteiger partial charge >= 0.3 is 0 Å². The number of Topliss-reactive ketones (excluding diaryl/α,β-unsaturated/α-hetero) is 1. The Morgan fingerprint density at radius 1 is 1.35 bits per heavy atom. The van der Waals surface area contributed by atoms with Gasteiger partial charge in [-0.15, -0.1) is 0 Å². The minimum Gasteiger partial charge on any atom is -0.299 e. The maximum absolute atomic E-state index is 11.8. The molecule has 0 spiro atoms. The molecule has 4 nitrogen and oxygen atoms in total. The molecular weight excluding hydrogens is 218 g/mol. The van der Waals surface area contributed by atoms with Gasteiger partial charge in [-0.25, -0.2) is 0 Å². The van der Waals surface area contributed by atoms with Gasteiger partial charge in [0, 0.05) is 24.5 Å². The molecule has 0 aliphatic rings. The van der Waals surface area contributed by atoms with Crippen LogP contribution in [0.1, 0.15) is 44.6 Å². The zero-order valence-corrected chi connectivity index (χ0v) is 10.2. The summed E-state index contributed by atoms with van der Waals surface area (Å²) in [6.45, 7) is 3.89. The lowest BCUT2D eigenvalue weighted by Gasteiger charge is -2.10. The standard InChI is InChI=1S/C13H17NO3/c1-3-4-5-13(15)10(2)11-6-8-12(9-7-11)14(16)17/h6-10H,3-5H2,1-2H3. The Morgan fingerprint density at radius 3 is 2.41 bits per heavy atom. The van der Waals surface area contributed by atoms with Crippen molar-refractivity contribution >= 4 is 11.5 Å². The number of rotatable bonds is 6. The number of unbranched alkanes of at least 4 members (excludes halogenated alkanes) is 1. The fourth-order valence-electron chi connectivity index (χ4n) is 1.64. The van der Waals surface area contributed by atoms with Gasteiger partial charge < -0.3 is 0 Å². The number of nitro benzene ring substituents is 1. The first kappa shape index (κ1) is 13.4. The smallest absolute Gasteiger partial charge is 0.269 e. The highest BCUT2D eigenvalue weighted by molar-refractivity contribution is 5.85.